The number of sulfonamides is 1. The molecule has 4 aromatic carbocycles. The Balaban J connectivity index is 1.57. The predicted octanol–water partition coefficient (Wildman–Crippen LogP) is 5.67. The van der Waals surface area contributed by atoms with E-state index >= 15 is 0 Å². The van der Waals surface area contributed by atoms with Crippen LogP contribution >= 0.6 is 11.6 Å². The maximum atomic E-state index is 13.7. The highest BCUT2D eigenvalue weighted by atomic mass is 35.5. The molecule has 0 aromatic heterocycles. The number of para-hydroxylation sites is 1. The number of hydrogen-bond acceptors (Lipinski definition) is 5. The van der Waals surface area contributed by atoms with Crippen LogP contribution < -0.4 is 14.9 Å². The molecule has 0 bridgehead atoms. The van der Waals surface area contributed by atoms with Crippen LogP contribution in [-0.2, 0) is 21.3 Å². The van der Waals surface area contributed by atoms with Gasteiger partial charge in [-0.15, -0.1) is 0 Å². The third-order valence-corrected chi connectivity index (χ3v) is 8.33. The van der Waals surface area contributed by atoms with Gasteiger partial charge in [0.1, 0.15) is 0 Å². The fraction of sp³-hybridized carbons (Fsp3) is 0.161. The van der Waals surface area contributed by atoms with Crippen LogP contribution in [0.5, 0.6) is 0 Å². The number of carbonyl (C=O) groups is 2. The normalized spacial score (nSPS) is 11.1. The summed E-state index contributed by atoms with van der Waals surface area (Å²) in [5.41, 5.74) is 2.91. The number of rotatable bonds is 11. The average Bonchev–Trinajstić information content (AvgIpc) is 2.98. The maximum Gasteiger partial charge on any atom is 0.264 e. The van der Waals surface area contributed by atoms with Crippen LogP contribution in [0.4, 0.5) is 11.4 Å². The summed E-state index contributed by atoms with van der Waals surface area (Å²) in [6.07, 6.45) is 0. The van der Waals surface area contributed by atoms with Crippen LogP contribution in [0.2, 0.25) is 5.02 Å². The zero-order chi connectivity index (χ0) is 29.4. The van der Waals surface area contributed by atoms with Gasteiger partial charge in [-0.3, -0.25) is 13.9 Å². The van der Waals surface area contributed by atoms with Crippen molar-refractivity contribution in [2.24, 2.45) is 0 Å². The van der Waals surface area contributed by atoms with Crippen LogP contribution in [0.15, 0.2) is 102 Å². The summed E-state index contributed by atoms with van der Waals surface area (Å²) in [6, 6.07) is 26.6. The Morgan fingerprint density at radius 3 is 2.27 bits per heavy atom. The molecule has 4 aromatic rings. The minimum Gasteiger partial charge on any atom is -0.383 e. The number of ether oxygens (including phenoxy) is 1. The lowest BCUT2D eigenvalue weighted by Gasteiger charge is -2.26. The molecule has 0 aliphatic carbocycles. The van der Waals surface area contributed by atoms with E-state index in [4.69, 9.17) is 16.3 Å². The molecule has 0 heterocycles. The second-order valence-corrected chi connectivity index (χ2v) is 11.5. The fourth-order valence-corrected chi connectivity index (χ4v) is 5.84. The smallest absolute Gasteiger partial charge is 0.264 e. The Labute approximate surface area is 245 Å². The number of hydrogen-bond donors (Lipinski definition) is 2. The molecule has 10 heteroatoms. The van der Waals surface area contributed by atoms with Gasteiger partial charge in [0, 0.05) is 24.2 Å². The van der Waals surface area contributed by atoms with Gasteiger partial charge in [0.05, 0.1) is 35.0 Å². The van der Waals surface area contributed by atoms with E-state index in [1.54, 1.807) is 104 Å². The fourth-order valence-electron chi connectivity index (χ4n) is 4.14. The van der Waals surface area contributed by atoms with Crippen molar-refractivity contribution in [2.75, 3.05) is 29.9 Å². The number of benzene rings is 4. The maximum absolute atomic E-state index is 13.7. The van der Waals surface area contributed by atoms with E-state index in [1.807, 2.05) is 6.92 Å². The molecular formula is C31H30ClN3O5S. The van der Waals surface area contributed by atoms with Crippen LogP contribution in [0, 0.1) is 6.92 Å². The van der Waals surface area contributed by atoms with E-state index < -0.39 is 15.9 Å². The molecule has 0 atom stereocenters. The quantitative estimate of drug-likeness (QED) is 0.219. The van der Waals surface area contributed by atoms with Crippen molar-refractivity contribution in [3.05, 3.63) is 124 Å². The third kappa shape index (κ3) is 7.32. The molecule has 0 radical (unpaired) electrons. The largest absolute Gasteiger partial charge is 0.383 e. The molecule has 0 saturated carbocycles. The van der Waals surface area contributed by atoms with Crippen molar-refractivity contribution in [3.8, 4) is 0 Å². The van der Waals surface area contributed by atoms with Gasteiger partial charge in [-0.1, -0.05) is 60.1 Å². The van der Waals surface area contributed by atoms with Crippen molar-refractivity contribution in [3.63, 3.8) is 0 Å². The standard InChI is InChI=1S/C31H30ClN3O5S/c1-22-12-17-25(32)20-29(22)35(41(38,39)26-8-4-3-5-9-26)21-23-13-15-24(16-14-23)30(36)34-28-11-7-6-10-27(28)31(37)33-18-19-40-2/h3-17,20H,18-19,21H2,1-2H3,(H,33,37)(H,34,36). The summed E-state index contributed by atoms with van der Waals surface area (Å²) >= 11 is 6.25. The molecule has 0 fully saturated rings. The summed E-state index contributed by atoms with van der Waals surface area (Å²) in [6.45, 7) is 2.55. The molecule has 212 valence electrons. The van der Waals surface area contributed by atoms with Gasteiger partial charge in [0.2, 0.25) is 0 Å². The van der Waals surface area contributed by atoms with Crippen molar-refractivity contribution >= 4 is 44.8 Å². The van der Waals surface area contributed by atoms with E-state index in [-0.39, 0.29) is 17.3 Å². The number of carbonyl (C=O) groups excluding carboxylic acids is 2. The molecule has 2 amide bonds. The first kappa shape index (κ1) is 29.8. The van der Waals surface area contributed by atoms with E-state index in [9.17, 15) is 18.0 Å². The van der Waals surface area contributed by atoms with Gasteiger partial charge < -0.3 is 15.4 Å². The summed E-state index contributed by atoms with van der Waals surface area (Å²) in [5, 5.41) is 5.95. The lowest BCUT2D eigenvalue weighted by atomic mass is 10.1. The van der Waals surface area contributed by atoms with Crippen LogP contribution in [-0.4, -0.2) is 40.5 Å². The number of halogens is 1. The Bertz CT molecular complexity index is 1630. The number of methoxy groups -OCH3 is 1. The Hall–Kier alpha value is -4.18. The Morgan fingerprint density at radius 1 is 0.878 bits per heavy atom. The monoisotopic (exact) mass is 591 g/mol. The molecule has 0 spiro atoms. The molecular weight excluding hydrogens is 562 g/mol. The van der Waals surface area contributed by atoms with Gasteiger partial charge >= 0.3 is 0 Å². The first-order valence-corrected chi connectivity index (χ1v) is 14.6. The summed E-state index contributed by atoms with van der Waals surface area (Å²) in [4.78, 5) is 25.8. The number of nitrogens with one attached hydrogen (secondary N) is 2. The topological polar surface area (TPSA) is 105 Å². The summed E-state index contributed by atoms with van der Waals surface area (Å²) in [7, 11) is -2.39. The SMILES string of the molecule is COCCNC(=O)c1ccccc1NC(=O)c1ccc(CN(c2cc(Cl)ccc2C)S(=O)(=O)c2ccccc2)cc1. The minimum atomic E-state index is -3.93. The highest BCUT2D eigenvalue weighted by molar-refractivity contribution is 7.92. The van der Waals surface area contributed by atoms with E-state index in [2.05, 4.69) is 10.6 Å². The number of aryl methyl sites for hydroxylation is 1. The van der Waals surface area contributed by atoms with Crippen LogP contribution in [0.3, 0.4) is 0 Å². The molecule has 0 saturated heterocycles. The van der Waals surface area contributed by atoms with Crippen molar-refractivity contribution in [1.29, 1.82) is 0 Å². The van der Waals surface area contributed by atoms with Gasteiger partial charge in [-0.2, -0.15) is 0 Å². The summed E-state index contributed by atoms with van der Waals surface area (Å²) in [5.74, 6) is -0.738. The number of nitrogens with zero attached hydrogens (tertiary/aromatic N) is 1. The van der Waals surface area contributed by atoms with Crippen LogP contribution in [0.25, 0.3) is 0 Å². The third-order valence-electron chi connectivity index (χ3n) is 6.33. The molecule has 2 N–H and O–H groups in total. The zero-order valence-corrected chi connectivity index (χ0v) is 24.2. The van der Waals surface area contributed by atoms with Crippen LogP contribution in [0.1, 0.15) is 31.8 Å². The number of anilines is 2. The average molecular weight is 592 g/mol. The Kier molecular flexibility index (Phi) is 9.78. The highest BCUT2D eigenvalue weighted by Gasteiger charge is 2.26. The van der Waals surface area contributed by atoms with Crippen molar-refractivity contribution in [2.45, 2.75) is 18.4 Å². The lowest BCUT2D eigenvalue weighted by molar-refractivity contribution is 0.0938. The predicted molar refractivity (Wildman–Crippen MR) is 161 cm³/mol. The van der Waals surface area contributed by atoms with E-state index in [0.717, 1.165) is 5.56 Å². The molecule has 0 aliphatic rings. The molecule has 0 aliphatic heterocycles. The molecule has 8 nitrogen and oxygen atoms in total. The number of amides is 2. The van der Waals surface area contributed by atoms with Gasteiger partial charge in [0.25, 0.3) is 21.8 Å². The minimum absolute atomic E-state index is 0.0186. The first-order chi connectivity index (χ1) is 19.7. The second kappa shape index (κ2) is 13.5. The zero-order valence-electron chi connectivity index (χ0n) is 22.6. The Morgan fingerprint density at radius 2 is 1.56 bits per heavy atom. The van der Waals surface area contributed by atoms with E-state index in [1.165, 1.54) is 4.31 Å². The molecule has 4 rings (SSSR count). The molecule has 41 heavy (non-hydrogen) atoms. The van der Waals surface area contributed by atoms with Crippen molar-refractivity contribution in [1.82, 2.24) is 5.32 Å². The first-order valence-electron chi connectivity index (χ1n) is 12.8. The molecule has 0 unspecified atom stereocenters. The van der Waals surface area contributed by atoms with Gasteiger partial charge in [-0.05, 0) is 66.6 Å². The summed E-state index contributed by atoms with van der Waals surface area (Å²) < 4.78 is 33.7. The van der Waals surface area contributed by atoms with Gasteiger partial charge in [-0.25, -0.2) is 8.42 Å². The van der Waals surface area contributed by atoms with Crippen molar-refractivity contribution < 1.29 is 22.7 Å². The van der Waals surface area contributed by atoms with E-state index in [0.29, 0.717) is 46.2 Å². The lowest BCUT2D eigenvalue weighted by Crippen LogP contribution is -2.31. The highest BCUT2D eigenvalue weighted by Crippen LogP contribution is 2.31. The van der Waals surface area contributed by atoms with Gasteiger partial charge in [0.15, 0.2) is 0 Å². The second-order valence-electron chi connectivity index (χ2n) is 9.20.